The number of nitrogens with one attached hydrogen (secondary N) is 1. The number of thioether (sulfide) groups is 1. The molecule has 4 aromatic rings. The highest BCUT2D eigenvalue weighted by molar-refractivity contribution is 8.00. The summed E-state index contributed by atoms with van der Waals surface area (Å²) in [6.45, 7) is 5.95. The Morgan fingerprint density at radius 1 is 0.936 bits per heavy atom. The van der Waals surface area contributed by atoms with Crippen LogP contribution in [-0.4, -0.2) is 43.1 Å². The van der Waals surface area contributed by atoms with Crippen molar-refractivity contribution >= 4 is 62.2 Å². The zero-order valence-corrected chi connectivity index (χ0v) is 28.4. The van der Waals surface area contributed by atoms with Crippen molar-refractivity contribution in [3.8, 4) is 5.75 Å². The highest BCUT2D eigenvalue weighted by atomic mass is 32.2. The van der Waals surface area contributed by atoms with E-state index in [-0.39, 0.29) is 22.8 Å². The third kappa shape index (κ3) is 6.13. The molecule has 47 heavy (non-hydrogen) atoms. The minimum absolute atomic E-state index is 0.106. The quantitative estimate of drug-likeness (QED) is 0.272. The number of fused-ring (bicyclic) bond motifs is 2. The average Bonchev–Trinajstić information content (AvgIpc) is 3.46. The van der Waals surface area contributed by atoms with Gasteiger partial charge in [0, 0.05) is 16.5 Å². The zero-order valence-electron chi connectivity index (χ0n) is 25.9. The Bertz CT molecular complexity index is 2050. The predicted octanol–water partition coefficient (Wildman–Crippen LogP) is 4.30. The summed E-state index contributed by atoms with van der Waals surface area (Å²) >= 11 is 2.09. The SMILES string of the molecule is COc1ccc(N2C(=O)C3Sc4c(sc(=O)n4CC(=O)Nc4ccc(S(N)(=O)=O)cc4)[C@H](c4ccc(C(C)(C)C)cc4)C3C2=O)cc1. The number of aromatic nitrogens is 1. The Morgan fingerprint density at radius 2 is 1.57 bits per heavy atom. The molecule has 2 aliphatic rings. The van der Waals surface area contributed by atoms with Gasteiger partial charge >= 0.3 is 4.87 Å². The maximum Gasteiger partial charge on any atom is 0.308 e. The first-order valence-electron chi connectivity index (χ1n) is 14.6. The fourth-order valence-corrected chi connectivity index (χ4v) is 9.15. The fraction of sp³-hybridized carbons (Fsp3) is 0.273. The molecule has 1 fully saturated rings. The van der Waals surface area contributed by atoms with E-state index in [0.717, 1.165) is 34.2 Å². The number of rotatable bonds is 7. The van der Waals surface area contributed by atoms with Crippen molar-refractivity contribution in [3.05, 3.63) is 98.5 Å². The summed E-state index contributed by atoms with van der Waals surface area (Å²) in [4.78, 5) is 56.1. The van der Waals surface area contributed by atoms with Gasteiger partial charge in [0.1, 0.15) is 17.5 Å². The van der Waals surface area contributed by atoms with Crippen LogP contribution in [0, 0.1) is 5.92 Å². The Balaban J connectivity index is 1.38. The van der Waals surface area contributed by atoms with Gasteiger partial charge in [-0.05, 0) is 65.1 Å². The van der Waals surface area contributed by atoms with E-state index in [1.165, 1.54) is 40.8 Å². The van der Waals surface area contributed by atoms with Crippen LogP contribution in [0.5, 0.6) is 5.75 Å². The maximum atomic E-state index is 14.2. The van der Waals surface area contributed by atoms with Crippen molar-refractivity contribution < 1.29 is 27.5 Å². The van der Waals surface area contributed by atoms with Gasteiger partial charge in [-0.2, -0.15) is 0 Å². The molecule has 2 unspecified atom stereocenters. The second-order valence-electron chi connectivity index (χ2n) is 12.4. The molecule has 0 saturated carbocycles. The molecule has 0 spiro atoms. The fourth-order valence-electron chi connectivity index (χ4n) is 5.86. The minimum atomic E-state index is -3.90. The lowest BCUT2D eigenvalue weighted by Crippen LogP contribution is -2.33. The monoisotopic (exact) mass is 692 g/mol. The molecule has 3 heterocycles. The highest BCUT2D eigenvalue weighted by Crippen LogP contribution is 2.54. The van der Waals surface area contributed by atoms with E-state index in [1.807, 2.05) is 24.3 Å². The van der Waals surface area contributed by atoms with Crippen LogP contribution in [0.15, 0.2) is 87.5 Å². The molecule has 14 heteroatoms. The highest BCUT2D eigenvalue weighted by Gasteiger charge is 2.56. The summed E-state index contributed by atoms with van der Waals surface area (Å²) < 4.78 is 29.8. The summed E-state index contributed by atoms with van der Waals surface area (Å²) in [5.41, 5.74) is 2.51. The number of imide groups is 1. The van der Waals surface area contributed by atoms with Crippen molar-refractivity contribution in [1.29, 1.82) is 0 Å². The maximum absolute atomic E-state index is 14.2. The molecule has 2 aliphatic heterocycles. The molecule has 11 nitrogen and oxygen atoms in total. The van der Waals surface area contributed by atoms with Crippen molar-refractivity contribution in [2.24, 2.45) is 11.1 Å². The third-order valence-electron chi connectivity index (χ3n) is 8.28. The van der Waals surface area contributed by atoms with E-state index in [4.69, 9.17) is 9.88 Å². The number of primary sulfonamides is 1. The number of thiazole rings is 1. The smallest absolute Gasteiger partial charge is 0.308 e. The molecule has 3 N–H and O–H groups in total. The number of nitrogens with zero attached hydrogens (tertiary/aromatic N) is 2. The van der Waals surface area contributed by atoms with Gasteiger partial charge in [0.25, 0.3) is 0 Å². The van der Waals surface area contributed by atoms with Crippen LogP contribution in [0.2, 0.25) is 0 Å². The minimum Gasteiger partial charge on any atom is -0.497 e. The van der Waals surface area contributed by atoms with Crippen LogP contribution >= 0.6 is 23.1 Å². The van der Waals surface area contributed by atoms with E-state index >= 15 is 0 Å². The number of ether oxygens (including phenoxy) is 1. The van der Waals surface area contributed by atoms with Crippen molar-refractivity contribution in [1.82, 2.24) is 4.57 Å². The zero-order chi connectivity index (χ0) is 33.8. The summed E-state index contributed by atoms with van der Waals surface area (Å²) in [6.07, 6.45) is 0. The first-order chi connectivity index (χ1) is 22.2. The largest absolute Gasteiger partial charge is 0.497 e. The van der Waals surface area contributed by atoms with Gasteiger partial charge in [0.05, 0.1) is 28.6 Å². The van der Waals surface area contributed by atoms with E-state index in [9.17, 15) is 27.6 Å². The summed E-state index contributed by atoms with van der Waals surface area (Å²) in [5.74, 6) is -2.08. The molecule has 0 bridgehead atoms. The molecular weight excluding hydrogens is 661 g/mol. The second-order valence-corrected chi connectivity index (χ2v) is 16.0. The lowest BCUT2D eigenvalue weighted by molar-refractivity contribution is -0.122. The summed E-state index contributed by atoms with van der Waals surface area (Å²) in [6, 6.07) is 19.9. The van der Waals surface area contributed by atoms with Gasteiger partial charge < -0.3 is 10.1 Å². The topological polar surface area (TPSA) is 158 Å². The molecular formula is C33H32N4O7S3. The molecule has 3 atom stereocenters. The number of anilines is 2. The van der Waals surface area contributed by atoms with Gasteiger partial charge in [-0.1, -0.05) is 68.1 Å². The third-order valence-corrected chi connectivity index (χ3v) is 11.8. The van der Waals surface area contributed by atoms with Gasteiger partial charge in [-0.15, -0.1) is 0 Å². The number of hydrogen-bond acceptors (Lipinski definition) is 9. The normalized spacial score (nSPS) is 19.3. The molecule has 6 rings (SSSR count). The van der Waals surface area contributed by atoms with E-state index < -0.39 is 43.8 Å². The Kier molecular flexibility index (Phi) is 8.41. The van der Waals surface area contributed by atoms with Crippen LogP contribution in [0.3, 0.4) is 0 Å². The van der Waals surface area contributed by atoms with E-state index in [0.29, 0.717) is 27.0 Å². The number of nitrogens with two attached hydrogens (primary N) is 1. The lowest BCUT2D eigenvalue weighted by atomic mass is 9.81. The van der Waals surface area contributed by atoms with Crippen molar-refractivity contribution in [2.45, 2.75) is 53.8 Å². The van der Waals surface area contributed by atoms with Crippen LogP contribution in [0.25, 0.3) is 0 Å². The Hall–Kier alpha value is -4.24. The second kappa shape index (κ2) is 12.1. The van der Waals surface area contributed by atoms with Gasteiger partial charge in [-0.25, -0.2) is 18.5 Å². The number of sulfonamides is 1. The van der Waals surface area contributed by atoms with Crippen LogP contribution in [0.1, 0.15) is 42.7 Å². The number of benzene rings is 3. The number of amides is 3. The van der Waals surface area contributed by atoms with Gasteiger partial charge in [0.15, 0.2) is 0 Å². The molecule has 244 valence electrons. The molecule has 0 radical (unpaired) electrons. The molecule has 3 aromatic carbocycles. The molecule has 1 aromatic heterocycles. The van der Waals surface area contributed by atoms with Crippen LogP contribution < -0.4 is 25.0 Å². The number of carbonyl (C=O) groups excluding carboxylic acids is 3. The van der Waals surface area contributed by atoms with Crippen LogP contribution in [0.4, 0.5) is 11.4 Å². The van der Waals surface area contributed by atoms with Crippen molar-refractivity contribution in [2.75, 3.05) is 17.3 Å². The van der Waals surface area contributed by atoms with Crippen LogP contribution in [-0.2, 0) is 36.4 Å². The predicted molar refractivity (Wildman–Crippen MR) is 181 cm³/mol. The Morgan fingerprint density at radius 3 is 2.15 bits per heavy atom. The van der Waals surface area contributed by atoms with E-state index in [1.54, 1.807) is 24.3 Å². The van der Waals surface area contributed by atoms with Crippen molar-refractivity contribution in [3.63, 3.8) is 0 Å². The van der Waals surface area contributed by atoms with E-state index in [2.05, 4.69) is 26.1 Å². The molecule has 1 saturated heterocycles. The number of methoxy groups -OCH3 is 1. The molecule has 0 aliphatic carbocycles. The summed E-state index contributed by atoms with van der Waals surface area (Å²) in [7, 11) is -2.37. The Labute approximate surface area is 279 Å². The van der Waals surface area contributed by atoms with Gasteiger partial charge in [-0.3, -0.25) is 23.7 Å². The number of hydrogen-bond donors (Lipinski definition) is 2. The summed E-state index contributed by atoms with van der Waals surface area (Å²) in [5, 5.41) is 7.47. The molecule has 3 amide bonds. The number of carbonyl (C=O) groups is 3. The van der Waals surface area contributed by atoms with Gasteiger partial charge in [0.2, 0.25) is 27.7 Å². The standard InChI is InChI=1S/C33H32N4O7S3/c1-33(2,3)19-7-5-18(6-8-19)25-26-27(30(40)37(29(26)39)21-11-13-22(44-4)14-12-21)45-31-28(25)46-32(41)36(31)17-24(38)35-20-9-15-23(16-10-20)47(34,42)43/h5-16,25-27H,17H2,1-4H3,(H,35,38)(H2,34,42,43)/t25-,26?,27?/m1/s1. The average molecular weight is 693 g/mol. The first kappa shape index (κ1) is 32.7. The lowest BCUT2D eigenvalue weighted by Gasteiger charge is -2.31. The first-order valence-corrected chi connectivity index (χ1v) is 17.9.